The third-order valence-corrected chi connectivity index (χ3v) is 14.1. The van der Waals surface area contributed by atoms with E-state index in [4.69, 9.17) is 14.2 Å². The number of carbonyl (C=O) groups is 3. The predicted octanol–water partition coefficient (Wildman–Crippen LogP) is 21.4. The van der Waals surface area contributed by atoms with Crippen LogP contribution in [0.1, 0.15) is 335 Å². The van der Waals surface area contributed by atoms with Gasteiger partial charge in [-0.3, -0.25) is 14.4 Å². The zero-order valence-corrected chi connectivity index (χ0v) is 48.2. The van der Waals surface area contributed by atoms with Gasteiger partial charge in [0.25, 0.3) is 0 Å². The minimum absolute atomic E-state index is 0.0682. The van der Waals surface area contributed by atoms with Gasteiger partial charge in [0.1, 0.15) is 13.2 Å². The van der Waals surface area contributed by atoms with Crippen molar-refractivity contribution in [1.29, 1.82) is 0 Å². The zero-order chi connectivity index (χ0) is 52.2. The number of esters is 3. The molecule has 1 atom stereocenters. The number of hydrogen-bond donors (Lipinski definition) is 0. The van der Waals surface area contributed by atoms with Crippen LogP contribution in [-0.2, 0) is 28.6 Å². The van der Waals surface area contributed by atoms with Crippen LogP contribution < -0.4 is 0 Å². The van der Waals surface area contributed by atoms with Crippen molar-refractivity contribution in [3.05, 3.63) is 48.6 Å². The lowest BCUT2D eigenvalue weighted by Crippen LogP contribution is -2.30. The summed E-state index contributed by atoms with van der Waals surface area (Å²) in [6.07, 6.45) is 75.6. The largest absolute Gasteiger partial charge is 0.462 e. The fourth-order valence-electron chi connectivity index (χ4n) is 9.38. The first-order valence-corrected chi connectivity index (χ1v) is 31.6. The molecule has 0 aliphatic heterocycles. The van der Waals surface area contributed by atoms with Crippen LogP contribution in [0.25, 0.3) is 0 Å². The summed E-state index contributed by atoms with van der Waals surface area (Å²) in [4.78, 5) is 38.2. The number of carbonyl (C=O) groups excluding carboxylic acids is 3. The van der Waals surface area contributed by atoms with Gasteiger partial charge in [0.05, 0.1) is 0 Å². The van der Waals surface area contributed by atoms with Crippen LogP contribution >= 0.6 is 0 Å². The van der Waals surface area contributed by atoms with Crippen LogP contribution in [0, 0.1) is 0 Å². The van der Waals surface area contributed by atoms with Gasteiger partial charge in [-0.1, -0.05) is 307 Å². The van der Waals surface area contributed by atoms with Crippen LogP contribution in [0.3, 0.4) is 0 Å². The highest BCUT2D eigenvalue weighted by molar-refractivity contribution is 5.71. The van der Waals surface area contributed by atoms with Crippen molar-refractivity contribution in [2.75, 3.05) is 13.2 Å². The highest BCUT2D eigenvalue weighted by atomic mass is 16.6. The Bertz CT molecular complexity index is 1250. The fourth-order valence-corrected chi connectivity index (χ4v) is 9.38. The summed E-state index contributed by atoms with van der Waals surface area (Å²) in [5, 5.41) is 0. The van der Waals surface area contributed by atoms with E-state index in [0.717, 1.165) is 83.5 Å². The van der Waals surface area contributed by atoms with E-state index in [1.807, 2.05) is 0 Å². The minimum atomic E-state index is -0.769. The van der Waals surface area contributed by atoms with E-state index in [1.54, 1.807) is 0 Å². The molecule has 72 heavy (non-hydrogen) atoms. The Morgan fingerprint density at radius 2 is 0.542 bits per heavy atom. The second-order valence-corrected chi connectivity index (χ2v) is 21.3. The van der Waals surface area contributed by atoms with Crippen molar-refractivity contribution in [3.63, 3.8) is 0 Å². The van der Waals surface area contributed by atoms with E-state index in [1.165, 1.54) is 212 Å². The van der Waals surface area contributed by atoms with E-state index in [2.05, 4.69) is 69.4 Å². The number of allylic oxidation sites excluding steroid dienone is 8. The van der Waals surface area contributed by atoms with Gasteiger partial charge < -0.3 is 14.2 Å². The molecule has 0 aromatic heterocycles. The minimum Gasteiger partial charge on any atom is -0.462 e. The van der Waals surface area contributed by atoms with Gasteiger partial charge >= 0.3 is 17.9 Å². The molecule has 0 heterocycles. The first-order chi connectivity index (χ1) is 35.5. The number of unbranched alkanes of at least 4 members (excludes halogenated alkanes) is 39. The molecule has 0 saturated heterocycles. The lowest BCUT2D eigenvalue weighted by atomic mass is 10.0. The molecule has 0 aliphatic carbocycles. The smallest absolute Gasteiger partial charge is 0.306 e. The first kappa shape index (κ1) is 69.4. The summed E-state index contributed by atoms with van der Waals surface area (Å²) in [5.41, 5.74) is 0. The molecule has 0 bridgehead atoms. The molecule has 0 amide bonds. The number of ether oxygens (including phenoxy) is 3. The molecule has 0 saturated carbocycles. The van der Waals surface area contributed by atoms with Crippen molar-refractivity contribution >= 4 is 17.9 Å². The maximum Gasteiger partial charge on any atom is 0.306 e. The Kier molecular flexibility index (Phi) is 58.7. The van der Waals surface area contributed by atoms with Crippen molar-refractivity contribution in [3.8, 4) is 0 Å². The highest BCUT2D eigenvalue weighted by Crippen LogP contribution is 2.18. The Morgan fingerprint density at radius 1 is 0.292 bits per heavy atom. The molecular formula is C66H120O6. The van der Waals surface area contributed by atoms with Gasteiger partial charge in [0, 0.05) is 19.3 Å². The van der Waals surface area contributed by atoms with Crippen molar-refractivity contribution < 1.29 is 28.6 Å². The SMILES string of the molecule is CC/C=C\C/C=C\C/C=C\C/C=C\CCCCCCCCCCCCCCC(=O)OCC(COC(=O)CCCCCCCCCCC)OC(=O)CCCCCCCCCCCCCCCCCCCCCC. The molecule has 0 rings (SSSR count). The number of hydrogen-bond acceptors (Lipinski definition) is 6. The van der Waals surface area contributed by atoms with Crippen molar-refractivity contribution in [1.82, 2.24) is 0 Å². The molecule has 6 heteroatoms. The molecule has 0 aromatic carbocycles. The predicted molar refractivity (Wildman–Crippen MR) is 312 cm³/mol. The lowest BCUT2D eigenvalue weighted by molar-refractivity contribution is -0.167. The van der Waals surface area contributed by atoms with Crippen LogP contribution in [0.2, 0.25) is 0 Å². The fraction of sp³-hybridized carbons (Fsp3) is 0.833. The third kappa shape index (κ3) is 58.3. The monoisotopic (exact) mass is 1010 g/mol. The topological polar surface area (TPSA) is 78.9 Å². The van der Waals surface area contributed by atoms with E-state index in [0.29, 0.717) is 19.3 Å². The van der Waals surface area contributed by atoms with E-state index >= 15 is 0 Å². The quantitative estimate of drug-likeness (QED) is 0.0261. The van der Waals surface area contributed by atoms with Crippen molar-refractivity contribution in [2.24, 2.45) is 0 Å². The molecular weight excluding hydrogens is 889 g/mol. The molecule has 1 unspecified atom stereocenters. The van der Waals surface area contributed by atoms with Crippen LogP contribution in [0.15, 0.2) is 48.6 Å². The molecule has 0 aromatic rings. The highest BCUT2D eigenvalue weighted by Gasteiger charge is 2.19. The molecule has 0 fully saturated rings. The Morgan fingerprint density at radius 3 is 0.847 bits per heavy atom. The molecule has 420 valence electrons. The normalized spacial score (nSPS) is 12.3. The molecule has 0 aliphatic rings. The molecule has 0 N–H and O–H groups in total. The van der Waals surface area contributed by atoms with Gasteiger partial charge in [-0.15, -0.1) is 0 Å². The second-order valence-electron chi connectivity index (χ2n) is 21.3. The summed E-state index contributed by atoms with van der Waals surface area (Å²) >= 11 is 0. The van der Waals surface area contributed by atoms with Crippen LogP contribution in [0.4, 0.5) is 0 Å². The average Bonchev–Trinajstić information content (AvgIpc) is 3.38. The first-order valence-electron chi connectivity index (χ1n) is 31.6. The van der Waals surface area contributed by atoms with E-state index < -0.39 is 6.10 Å². The summed E-state index contributed by atoms with van der Waals surface area (Å²) in [6, 6.07) is 0. The summed E-state index contributed by atoms with van der Waals surface area (Å²) in [5.74, 6) is -0.852. The standard InChI is InChI=1S/C66H120O6/c1-4-7-10-13-16-19-21-23-25-27-29-31-32-33-34-35-37-38-40-42-44-47-50-53-56-59-65(68)71-62-63(61-70-64(67)58-55-52-49-46-18-15-12-9-6-3)72-66(69)60-57-54-51-48-45-43-41-39-36-30-28-26-24-22-20-17-14-11-8-5-2/h7,10,16,19,23,25,29,31,63H,4-6,8-9,11-15,17-18,20-22,24,26-28,30,32-62H2,1-3H3/b10-7-,19-16-,25-23-,31-29-. The van der Waals surface area contributed by atoms with Crippen LogP contribution in [-0.4, -0.2) is 37.2 Å². The van der Waals surface area contributed by atoms with Gasteiger partial charge in [0.15, 0.2) is 6.10 Å². The second kappa shape index (κ2) is 60.9. The summed E-state index contributed by atoms with van der Waals surface area (Å²) in [7, 11) is 0. The van der Waals surface area contributed by atoms with Crippen molar-refractivity contribution in [2.45, 2.75) is 341 Å². The zero-order valence-electron chi connectivity index (χ0n) is 48.2. The van der Waals surface area contributed by atoms with Gasteiger partial charge in [-0.25, -0.2) is 0 Å². The molecule has 6 nitrogen and oxygen atoms in total. The molecule has 0 radical (unpaired) electrons. The number of rotatable bonds is 58. The maximum absolute atomic E-state index is 12.9. The maximum atomic E-state index is 12.9. The molecule has 0 spiro atoms. The van der Waals surface area contributed by atoms with Crippen LogP contribution in [0.5, 0.6) is 0 Å². The third-order valence-electron chi connectivity index (χ3n) is 14.1. The van der Waals surface area contributed by atoms with E-state index in [9.17, 15) is 14.4 Å². The average molecular weight is 1010 g/mol. The Balaban J connectivity index is 4.17. The van der Waals surface area contributed by atoms with E-state index in [-0.39, 0.29) is 31.1 Å². The van der Waals surface area contributed by atoms with Gasteiger partial charge in [-0.2, -0.15) is 0 Å². The van der Waals surface area contributed by atoms with Gasteiger partial charge in [0.2, 0.25) is 0 Å². The summed E-state index contributed by atoms with van der Waals surface area (Å²) in [6.45, 7) is 6.56. The Hall–Kier alpha value is -2.63. The Labute approximate surface area is 448 Å². The van der Waals surface area contributed by atoms with Gasteiger partial charge in [-0.05, 0) is 57.8 Å². The summed E-state index contributed by atoms with van der Waals surface area (Å²) < 4.78 is 16.9. The lowest BCUT2D eigenvalue weighted by Gasteiger charge is -2.18.